The first kappa shape index (κ1) is 22.3. The van der Waals surface area contributed by atoms with E-state index in [0.717, 1.165) is 16.7 Å². The molecule has 0 bridgehead atoms. The topological polar surface area (TPSA) is 75.7 Å². The Morgan fingerprint density at radius 3 is 2.00 bits per heavy atom. The van der Waals surface area contributed by atoms with Crippen molar-refractivity contribution in [1.29, 1.82) is 0 Å². The minimum Gasteiger partial charge on any atom is -0.468 e. The zero-order chi connectivity index (χ0) is 23.9. The number of carbonyl (C=O) groups is 3. The quantitative estimate of drug-likeness (QED) is 0.452. The highest BCUT2D eigenvalue weighted by atomic mass is 35.5. The van der Waals surface area contributed by atoms with Crippen LogP contribution in [0.3, 0.4) is 0 Å². The average molecular weight is 475 g/mol. The fourth-order valence-corrected chi connectivity index (χ4v) is 5.45. The number of nitrogens with zero attached hydrogens (tertiary/aromatic N) is 1. The lowest BCUT2D eigenvalue weighted by Gasteiger charge is -2.36. The normalized spacial score (nSPS) is 23.1. The third-order valence-electron chi connectivity index (χ3n) is 6.82. The molecule has 172 valence electrons. The first-order valence-electron chi connectivity index (χ1n) is 11.0. The van der Waals surface area contributed by atoms with Gasteiger partial charge in [-0.15, -0.1) is 0 Å². The number of amides is 2. The lowest BCUT2D eigenvalue weighted by Crippen LogP contribution is -2.51. The minimum absolute atomic E-state index is 0.107. The molecular formula is C27H23ClN2O4. The number of hydrogen-bond acceptors (Lipinski definition) is 5. The molecule has 3 aromatic carbocycles. The second kappa shape index (κ2) is 8.70. The van der Waals surface area contributed by atoms with Crippen molar-refractivity contribution >= 4 is 29.4 Å². The summed E-state index contributed by atoms with van der Waals surface area (Å²) in [5, 5.41) is 3.95. The highest BCUT2D eigenvalue weighted by Crippen LogP contribution is 2.51. The van der Waals surface area contributed by atoms with E-state index in [1.54, 1.807) is 24.3 Å². The summed E-state index contributed by atoms with van der Waals surface area (Å²) in [7, 11) is 1.29. The van der Waals surface area contributed by atoms with Crippen LogP contribution in [0.25, 0.3) is 0 Å². The Morgan fingerprint density at radius 2 is 1.47 bits per heavy atom. The largest absolute Gasteiger partial charge is 0.468 e. The van der Waals surface area contributed by atoms with Crippen LogP contribution < -0.4 is 5.32 Å². The summed E-state index contributed by atoms with van der Waals surface area (Å²) in [6.45, 7) is 0.107. The van der Waals surface area contributed by atoms with Crippen molar-refractivity contribution in [2.75, 3.05) is 7.11 Å². The van der Waals surface area contributed by atoms with Gasteiger partial charge in [-0.1, -0.05) is 84.4 Å². The van der Waals surface area contributed by atoms with E-state index in [1.807, 2.05) is 60.7 Å². The number of nitrogens with one attached hydrogen (secondary N) is 1. The van der Waals surface area contributed by atoms with Crippen LogP contribution in [-0.4, -0.2) is 35.8 Å². The predicted octanol–water partition coefficient (Wildman–Crippen LogP) is 3.53. The van der Waals surface area contributed by atoms with E-state index in [0.29, 0.717) is 5.02 Å². The monoisotopic (exact) mass is 474 g/mol. The van der Waals surface area contributed by atoms with Crippen LogP contribution in [0.15, 0.2) is 84.9 Å². The Kier molecular flexibility index (Phi) is 5.71. The van der Waals surface area contributed by atoms with E-state index in [4.69, 9.17) is 16.3 Å². The lowest BCUT2D eigenvalue weighted by atomic mass is 9.72. The summed E-state index contributed by atoms with van der Waals surface area (Å²) in [5.41, 5.74) is 1.31. The van der Waals surface area contributed by atoms with Crippen molar-refractivity contribution in [3.05, 3.63) is 107 Å². The van der Waals surface area contributed by atoms with Crippen molar-refractivity contribution in [2.24, 2.45) is 11.8 Å². The summed E-state index contributed by atoms with van der Waals surface area (Å²) in [5.74, 6) is -3.00. The number of imide groups is 1. The summed E-state index contributed by atoms with van der Waals surface area (Å²) in [4.78, 5) is 41.8. The number of halogens is 1. The van der Waals surface area contributed by atoms with Gasteiger partial charge in [0, 0.05) is 5.02 Å². The molecule has 2 saturated heterocycles. The molecule has 0 aliphatic carbocycles. The molecule has 6 nitrogen and oxygen atoms in total. The van der Waals surface area contributed by atoms with E-state index < -0.39 is 29.4 Å². The summed E-state index contributed by atoms with van der Waals surface area (Å²) >= 11 is 6.00. The van der Waals surface area contributed by atoms with E-state index >= 15 is 0 Å². The average Bonchev–Trinajstić information content (AvgIpc) is 3.36. The molecular weight excluding hydrogens is 452 g/mol. The number of hydrogen-bond donors (Lipinski definition) is 1. The zero-order valence-electron chi connectivity index (χ0n) is 18.5. The molecule has 0 aromatic heterocycles. The molecule has 3 aromatic rings. The van der Waals surface area contributed by atoms with Gasteiger partial charge in [-0.25, -0.2) is 0 Å². The van der Waals surface area contributed by atoms with Crippen LogP contribution in [0, 0.1) is 11.8 Å². The van der Waals surface area contributed by atoms with E-state index in [1.165, 1.54) is 12.0 Å². The predicted molar refractivity (Wildman–Crippen MR) is 127 cm³/mol. The minimum atomic E-state index is -1.08. The van der Waals surface area contributed by atoms with Crippen LogP contribution in [-0.2, 0) is 31.2 Å². The van der Waals surface area contributed by atoms with Gasteiger partial charge in [0.05, 0.1) is 31.0 Å². The van der Waals surface area contributed by atoms with Crippen LogP contribution in [0.5, 0.6) is 0 Å². The van der Waals surface area contributed by atoms with Crippen molar-refractivity contribution in [2.45, 2.75) is 18.1 Å². The molecule has 2 fully saturated rings. The van der Waals surface area contributed by atoms with Crippen molar-refractivity contribution in [3.63, 3.8) is 0 Å². The number of ether oxygens (including phenoxy) is 1. The highest BCUT2D eigenvalue weighted by Gasteiger charge is 2.68. The fraction of sp³-hybridized carbons (Fsp3) is 0.222. The molecule has 5 rings (SSSR count). The van der Waals surface area contributed by atoms with Gasteiger partial charge in [-0.05, 0) is 28.8 Å². The maximum atomic E-state index is 14.0. The number of rotatable bonds is 5. The Balaban J connectivity index is 1.66. The van der Waals surface area contributed by atoms with Gasteiger partial charge in [0.1, 0.15) is 6.04 Å². The molecule has 2 aliphatic rings. The molecule has 3 atom stereocenters. The second-order valence-corrected chi connectivity index (χ2v) is 9.01. The standard InChI is InChI=1S/C27H23ClN2O4/c1-34-26(33)23-21-22(25(32)30(24(21)31)16-17-12-14-20(28)15-13-17)27(29-23,18-8-4-2-5-9-18)19-10-6-3-7-11-19/h2-15,21-23,29H,16H2,1H3. The molecule has 2 amide bonds. The van der Waals surface area contributed by atoms with Crippen LogP contribution >= 0.6 is 11.6 Å². The van der Waals surface area contributed by atoms with Gasteiger partial charge in [0.2, 0.25) is 11.8 Å². The highest BCUT2D eigenvalue weighted by molar-refractivity contribution is 6.30. The third kappa shape index (κ3) is 3.42. The number of benzene rings is 3. The number of esters is 1. The lowest BCUT2D eigenvalue weighted by molar-refractivity contribution is -0.148. The molecule has 2 heterocycles. The maximum absolute atomic E-state index is 14.0. The second-order valence-electron chi connectivity index (χ2n) is 8.58. The molecule has 0 spiro atoms. The number of likely N-dealkylation sites (tertiary alicyclic amines) is 1. The van der Waals surface area contributed by atoms with E-state index in [2.05, 4.69) is 5.32 Å². The van der Waals surface area contributed by atoms with Gasteiger partial charge in [0.15, 0.2) is 0 Å². The van der Waals surface area contributed by atoms with Crippen LogP contribution in [0.4, 0.5) is 0 Å². The molecule has 34 heavy (non-hydrogen) atoms. The first-order chi connectivity index (χ1) is 16.5. The first-order valence-corrected chi connectivity index (χ1v) is 11.4. The third-order valence-corrected chi connectivity index (χ3v) is 7.07. The van der Waals surface area contributed by atoms with Crippen molar-refractivity contribution in [3.8, 4) is 0 Å². The molecule has 2 aliphatic heterocycles. The number of carbonyl (C=O) groups excluding carboxylic acids is 3. The Labute approximate surface area is 202 Å². The summed E-state index contributed by atoms with van der Waals surface area (Å²) in [6, 6.07) is 25.0. The van der Waals surface area contributed by atoms with Crippen LogP contribution in [0.1, 0.15) is 16.7 Å². The van der Waals surface area contributed by atoms with E-state index in [-0.39, 0.29) is 18.4 Å². The Hall–Kier alpha value is -3.48. The van der Waals surface area contributed by atoms with Gasteiger partial charge in [0.25, 0.3) is 0 Å². The molecule has 3 unspecified atom stereocenters. The smallest absolute Gasteiger partial charge is 0.323 e. The van der Waals surface area contributed by atoms with Crippen molar-refractivity contribution < 1.29 is 19.1 Å². The fourth-order valence-electron chi connectivity index (χ4n) is 5.32. The van der Waals surface area contributed by atoms with Crippen LogP contribution in [0.2, 0.25) is 5.02 Å². The number of methoxy groups -OCH3 is 1. The van der Waals surface area contributed by atoms with Gasteiger partial charge in [-0.2, -0.15) is 0 Å². The van der Waals surface area contributed by atoms with Gasteiger partial charge >= 0.3 is 5.97 Å². The molecule has 0 radical (unpaired) electrons. The van der Waals surface area contributed by atoms with Crippen molar-refractivity contribution in [1.82, 2.24) is 10.2 Å². The molecule has 0 saturated carbocycles. The SMILES string of the molecule is COC(=O)C1NC(c2ccccc2)(c2ccccc2)C2C(=O)N(Cc3ccc(Cl)cc3)C(=O)C12. The van der Waals surface area contributed by atoms with Gasteiger partial charge < -0.3 is 4.74 Å². The molecule has 7 heteroatoms. The molecule has 1 N–H and O–H groups in total. The summed E-state index contributed by atoms with van der Waals surface area (Å²) < 4.78 is 5.06. The Bertz CT molecular complexity index is 1190. The zero-order valence-corrected chi connectivity index (χ0v) is 19.2. The Morgan fingerprint density at radius 1 is 0.912 bits per heavy atom. The number of fused-ring (bicyclic) bond motifs is 1. The maximum Gasteiger partial charge on any atom is 0.323 e. The summed E-state index contributed by atoms with van der Waals surface area (Å²) in [6.07, 6.45) is 0. The van der Waals surface area contributed by atoms with E-state index in [9.17, 15) is 14.4 Å². The van der Waals surface area contributed by atoms with Gasteiger partial charge in [-0.3, -0.25) is 24.6 Å².